The first kappa shape index (κ1) is 20.3. The Bertz CT molecular complexity index is 1240. The highest BCUT2D eigenvalue weighted by molar-refractivity contribution is 7.80. The first-order valence-electron chi connectivity index (χ1n) is 10.5. The van der Waals surface area contributed by atoms with E-state index in [1.165, 1.54) is 0 Å². The van der Waals surface area contributed by atoms with Crippen LogP contribution in [0, 0.1) is 13.8 Å². The summed E-state index contributed by atoms with van der Waals surface area (Å²) in [6, 6.07) is 25.5. The van der Waals surface area contributed by atoms with E-state index >= 15 is 0 Å². The summed E-state index contributed by atoms with van der Waals surface area (Å²) in [5, 5.41) is 4.07. The van der Waals surface area contributed by atoms with E-state index in [-0.39, 0.29) is 12.1 Å². The molecule has 0 spiro atoms. The third kappa shape index (κ3) is 3.85. The van der Waals surface area contributed by atoms with Crippen LogP contribution in [-0.4, -0.2) is 10.1 Å². The molecule has 5 rings (SSSR count). The Morgan fingerprint density at radius 3 is 2.41 bits per heavy atom. The highest BCUT2D eigenvalue weighted by atomic mass is 32.1. The molecule has 2 atom stereocenters. The summed E-state index contributed by atoms with van der Waals surface area (Å²) in [5.41, 5.74) is 2.96. The number of benzene rings is 2. The number of nitrogens with zero attached hydrogens (tertiary/aromatic N) is 2. The van der Waals surface area contributed by atoms with Crippen molar-refractivity contribution in [1.29, 1.82) is 0 Å². The van der Waals surface area contributed by atoms with Crippen LogP contribution in [0.2, 0.25) is 0 Å². The van der Waals surface area contributed by atoms with Gasteiger partial charge in [-0.15, -0.1) is 0 Å². The smallest absolute Gasteiger partial charge is 0.174 e. The number of anilines is 1. The lowest BCUT2D eigenvalue weighted by molar-refractivity contribution is 0.418. The number of nitrogens with one attached hydrogen (secondary N) is 1. The molecule has 2 aromatic heterocycles. The van der Waals surface area contributed by atoms with Gasteiger partial charge in [0, 0.05) is 11.9 Å². The second kappa shape index (κ2) is 8.48. The standard InChI is InChI=1S/C26H23N3O2S/c1-17-7-3-4-9-22(17)31-20-13-11-19(12-14-20)29-25(23-15-10-18(2)30-23)24(28-26(29)32)21-8-5-6-16-27-21/h3-16,24-25H,1-2H3,(H,28,32)/t24-,25-/m0/s1. The van der Waals surface area contributed by atoms with Gasteiger partial charge in [0.2, 0.25) is 0 Å². The van der Waals surface area contributed by atoms with Gasteiger partial charge in [-0.25, -0.2) is 0 Å². The molecule has 0 saturated carbocycles. The topological polar surface area (TPSA) is 50.5 Å². The van der Waals surface area contributed by atoms with Gasteiger partial charge in [-0.05, 0) is 86.2 Å². The highest BCUT2D eigenvalue weighted by Gasteiger charge is 2.42. The number of pyridine rings is 1. The van der Waals surface area contributed by atoms with Crippen molar-refractivity contribution in [1.82, 2.24) is 10.3 Å². The number of furan rings is 1. The summed E-state index contributed by atoms with van der Waals surface area (Å²) >= 11 is 5.75. The quantitative estimate of drug-likeness (QED) is 0.369. The van der Waals surface area contributed by atoms with Crippen molar-refractivity contribution in [2.24, 2.45) is 0 Å². The lowest BCUT2D eigenvalue weighted by Crippen LogP contribution is -2.29. The largest absolute Gasteiger partial charge is 0.464 e. The lowest BCUT2D eigenvalue weighted by Gasteiger charge is -2.26. The van der Waals surface area contributed by atoms with Gasteiger partial charge < -0.3 is 19.4 Å². The second-order valence-electron chi connectivity index (χ2n) is 7.81. The van der Waals surface area contributed by atoms with E-state index in [1.807, 2.05) is 92.7 Å². The average molecular weight is 442 g/mol. The molecule has 5 nitrogen and oxygen atoms in total. The number of hydrogen-bond acceptors (Lipinski definition) is 4. The minimum atomic E-state index is -0.158. The van der Waals surface area contributed by atoms with Gasteiger partial charge in [-0.3, -0.25) is 4.98 Å². The predicted molar refractivity (Wildman–Crippen MR) is 129 cm³/mol. The zero-order valence-electron chi connectivity index (χ0n) is 17.9. The molecule has 2 aromatic carbocycles. The molecule has 160 valence electrons. The van der Waals surface area contributed by atoms with E-state index < -0.39 is 0 Å². The Hall–Kier alpha value is -3.64. The Labute approximate surface area is 192 Å². The van der Waals surface area contributed by atoms with Crippen molar-refractivity contribution in [2.75, 3.05) is 4.90 Å². The highest BCUT2D eigenvalue weighted by Crippen LogP contribution is 2.42. The molecule has 4 aromatic rings. The van der Waals surface area contributed by atoms with Gasteiger partial charge in [0.15, 0.2) is 5.11 Å². The van der Waals surface area contributed by atoms with Gasteiger partial charge in [0.05, 0.1) is 11.7 Å². The first-order chi connectivity index (χ1) is 15.6. The first-order valence-corrected chi connectivity index (χ1v) is 10.9. The molecule has 6 heteroatoms. The molecule has 1 saturated heterocycles. The van der Waals surface area contributed by atoms with Gasteiger partial charge in [0.1, 0.15) is 29.1 Å². The molecule has 0 unspecified atom stereocenters. The van der Waals surface area contributed by atoms with Crippen LogP contribution < -0.4 is 15.0 Å². The summed E-state index contributed by atoms with van der Waals surface area (Å²) in [5.74, 6) is 3.32. The van der Waals surface area contributed by atoms with Crippen LogP contribution in [-0.2, 0) is 0 Å². The van der Waals surface area contributed by atoms with Crippen LogP contribution in [0.15, 0.2) is 89.5 Å². The Morgan fingerprint density at radius 2 is 1.72 bits per heavy atom. The number of para-hydroxylation sites is 1. The van der Waals surface area contributed by atoms with Crippen molar-refractivity contribution in [2.45, 2.75) is 25.9 Å². The SMILES string of the molecule is Cc1ccc([C@H]2[C@H](c3ccccn3)NC(=S)N2c2ccc(Oc3ccccc3C)cc2)o1. The fraction of sp³-hybridized carbons (Fsp3) is 0.154. The zero-order valence-corrected chi connectivity index (χ0v) is 18.7. The third-order valence-electron chi connectivity index (χ3n) is 5.59. The number of aryl methyl sites for hydroxylation is 2. The number of rotatable bonds is 5. The predicted octanol–water partition coefficient (Wildman–Crippen LogP) is 6.26. The maximum absolute atomic E-state index is 6.06. The van der Waals surface area contributed by atoms with E-state index in [0.717, 1.165) is 40.0 Å². The summed E-state index contributed by atoms with van der Waals surface area (Å²) < 4.78 is 12.1. The van der Waals surface area contributed by atoms with E-state index in [0.29, 0.717) is 5.11 Å². The van der Waals surface area contributed by atoms with Crippen LogP contribution in [0.3, 0.4) is 0 Å². The number of aromatic nitrogens is 1. The third-order valence-corrected chi connectivity index (χ3v) is 5.90. The van der Waals surface area contributed by atoms with Gasteiger partial charge in [0.25, 0.3) is 0 Å². The Kier molecular flexibility index (Phi) is 5.37. The molecule has 1 fully saturated rings. The summed E-state index contributed by atoms with van der Waals surface area (Å²) in [6.07, 6.45) is 1.80. The van der Waals surface area contributed by atoms with Crippen LogP contribution in [0.5, 0.6) is 11.5 Å². The Morgan fingerprint density at radius 1 is 0.938 bits per heavy atom. The van der Waals surface area contributed by atoms with Crippen molar-refractivity contribution < 1.29 is 9.15 Å². The lowest BCUT2D eigenvalue weighted by atomic mass is 10.0. The van der Waals surface area contributed by atoms with E-state index in [4.69, 9.17) is 21.4 Å². The van der Waals surface area contributed by atoms with Crippen molar-refractivity contribution >= 4 is 23.0 Å². The fourth-order valence-corrected chi connectivity index (χ4v) is 4.35. The molecule has 1 N–H and O–H groups in total. The van der Waals surface area contributed by atoms with E-state index in [2.05, 4.69) is 15.2 Å². The minimum absolute atomic E-state index is 0.128. The molecule has 0 aliphatic carbocycles. The maximum atomic E-state index is 6.06. The summed E-state index contributed by atoms with van der Waals surface area (Å²) in [7, 11) is 0. The minimum Gasteiger partial charge on any atom is -0.464 e. The molecule has 3 heterocycles. The molecule has 1 aliphatic rings. The molecular formula is C26H23N3O2S. The van der Waals surface area contributed by atoms with Gasteiger partial charge in [-0.1, -0.05) is 24.3 Å². The Balaban J connectivity index is 1.48. The molecular weight excluding hydrogens is 418 g/mol. The second-order valence-corrected chi connectivity index (χ2v) is 8.19. The van der Waals surface area contributed by atoms with Gasteiger partial charge in [-0.2, -0.15) is 0 Å². The van der Waals surface area contributed by atoms with Crippen LogP contribution in [0.1, 0.15) is 34.9 Å². The number of hydrogen-bond donors (Lipinski definition) is 1. The molecule has 1 aliphatic heterocycles. The summed E-state index contributed by atoms with van der Waals surface area (Å²) in [4.78, 5) is 6.65. The molecule has 0 amide bonds. The van der Waals surface area contributed by atoms with Crippen LogP contribution >= 0.6 is 12.2 Å². The zero-order chi connectivity index (χ0) is 22.1. The normalized spacial score (nSPS) is 17.9. The number of ether oxygens (including phenoxy) is 1. The molecule has 0 radical (unpaired) electrons. The fourth-order valence-electron chi connectivity index (χ4n) is 4.01. The van der Waals surface area contributed by atoms with Crippen LogP contribution in [0.25, 0.3) is 0 Å². The molecule has 32 heavy (non-hydrogen) atoms. The summed E-state index contributed by atoms with van der Waals surface area (Å²) in [6.45, 7) is 3.98. The van der Waals surface area contributed by atoms with Gasteiger partial charge >= 0.3 is 0 Å². The average Bonchev–Trinajstić information content (AvgIpc) is 3.39. The van der Waals surface area contributed by atoms with Crippen molar-refractivity contribution in [3.05, 3.63) is 108 Å². The van der Waals surface area contributed by atoms with Crippen LogP contribution in [0.4, 0.5) is 5.69 Å². The van der Waals surface area contributed by atoms with Crippen molar-refractivity contribution in [3.63, 3.8) is 0 Å². The molecule has 0 bridgehead atoms. The number of thiocarbonyl (C=S) groups is 1. The van der Waals surface area contributed by atoms with E-state index in [9.17, 15) is 0 Å². The van der Waals surface area contributed by atoms with Crippen molar-refractivity contribution in [3.8, 4) is 11.5 Å². The maximum Gasteiger partial charge on any atom is 0.174 e. The van der Waals surface area contributed by atoms with E-state index in [1.54, 1.807) is 6.20 Å². The monoisotopic (exact) mass is 441 g/mol.